The highest BCUT2D eigenvalue weighted by molar-refractivity contribution is 9.10. The summed E-state index contributed by atoms with van der Waals surface area (Å²) in [6.45, 7) is 0.695. The third-order valence-electron chi connectivity index (χ3n) is 3.87. The fourth-order valence-corrected chi connectivity index (χ4v) is 3.41. The van der Waals surface area contributed by atoms with Crippen molar-refractivity contribution in [2.75, 3.05) is 6.61 Å². The van der Waals surface area contributed by atoms with Crippen molar-refractivity contribution in [1.82, 2.24) is 0 Å². The van der Waals surface area contributed by atoms with Gasteiger partial charge < -0.3 is 9.84 Å². The second kappa shape index (κ2) is 6.49. The first-order valence-corrected chi connectivity index (χ1v) is 8.15. The van der Waals surface area contributed by atoms with Crippen LogP contribution in [0.3, 0.4) is 0 Å². The maximum Gasteiger partial charge on any atom is 0.0855 e. The summed E-state index contributed by atoms with van der Waals surface area (Å²) in [4.78, 5) is 0. The maximum absolute atomic E-state index is 10.5. The van der Waals surface area contributed by atoms with E-state index in [1.807, 2.05) is 30.3 Å². The molecule has 0 aliphatic carbocycles. The van der Waals surface area contributed by atoms with Gasteiger partial charge in [0.2, 0.25) is 0 Å². The number of rotatable bonds is 3. The Labute approximate surface area is 137 Å². The highest BCUT2D eigenvalue weighted by Gasteiger charge is 2.25. The van der Waals surface area contributed by atoms with Gasteiger partial charge in [0.25, 0.3) is 0 Å². The zero-order valence-corrected chi connectivity index (χ0v) is 13.8. The molecule has 1 aliphatic heterocycles. The zero-order chi connectivity index (χ0) is 14.8. The van der Waals surface area contributed by atoms with E-state index >= 15 is 0 Å². The zero-order valence-electron chi connectivity index (χ0n) is 11.4. The van der Waals surface area contributed by atoms with Gasteiger partial charge in [0.15, 0.2) is 0 Å². The van der Waals surface area contributed by atoms with E-state index in [0.717, 1.165) is 16.5 Å². The predicted octanol–water partition coefficient (Wildman–Crippen LogP) is 4.84. The Morgan fingerprint density at radius 1 is 1.24 bits per heavy atom. The summed E-state index contributed by atoms with van der Waals surface area (Å²) >= 11 is 9.65. The summed E-state index contributed by atoms with van der Waals surface area (Å²) in [7, 11) is 0. The van der Waals surface area contributed by atoms with E-state index in [9.17, 15) is 5.11 Å². The van der Waals surface area contributed by atoms with Crippen molar-refractivity contribution in [1.29, 1.82) is 0 Å². The fourth-order valence-electron chi connectivity index (χ4n) is 2.78. The number of benzene rings is 2. The average molecular weight is 368 g/mol. The van der Waals surface area contributed by atoms with E-state index < -0.39 is 6.10 Å². The van der Waals surface area contributed by atoms with Gasteiger partial charge in [0, 0.05) is 16.5 Å². The van der Waals surface area contributed by atoms with Crippen LogP contribution in [0.15, 0.2) is 46.9 Å². The summed E-state index contributed by atoms with van der Waals surface area (Å²) in [6.07, 6.45) is 0.708. The largest absolute Gasteiger partial charge is 0.388 e. The lowest BCUT2D eigenvalue weighted by Crippen LogP contribution is -2.18. The molecule has 2 aromatic carbocycles. The molecule has 0 saturated heterocycles. The molecule has 2 atom stereocenters. The van der Waals surface area contributed by atoms with Crippen LogP contribution in [0.25, 0.3) is 0 Å². The number of aliphatic hydroxyl groups excluding tert-OH is 1. The van der Waals surface area contributed by atoms with E-state index in [4.69, 9.17) is 16.3 Å². The average Bonchev–Trinajstić information content (AvgIpc) is 2.50. The van der Waals surface area contributed by atoms with E-state index in [2.05, 4.69) is 28.1 Å². The highest BCUT2D eigenvalue weighted by Crippen LogP contribution is 2.37. The molecule has 0 amide bonds. The smallest absolute Gasteiger partial charge is 0.0855 e. The third-order valence-corrected chi connectivity index (χ3v) is 5.18. The number of aliphatic hydroxyl groups is 1. The second-order valence-electron chi connectivity index (χ2n) is 5.20. The molecule has 110 valence electrons. The minimum absolute atomic E-state index is 0.0833. The Hall–Kier alpha value is -0.870. The quantitative estimate of drug-likeness (QED) is 0.841. The van der Waals surface area contributed by atoms with E-state index in [-0.39, 0.29) is 6.10 Å². The molecule has 21 heavy (non-hydrogen) atoms. The van der Waals surface area contributed by atoms with Crippen LogP contribution in [0.4, 0.5) is 0 Å². The molecule has 0 bridgehead atoms. The van der Waals surface area contributed by atoms with Crippen LogP contribution in [0.1, 0.15) is 35.3 Å². The monoisotopic (exact) mass is 366 g/mol. The van der Waals surface area contributed by atoms with Gasteiger partial charge in [-0.05, 0) is 39.5 Å². The van der Waals surface area contributed by atoms with Crippen molar-refractivity contribution in [3.63, 3.8) is 0 Å². The third kappa shape index (κ3) is 3.16. The topological polar surface area (TPSA) is 29.5 Å². The van der Waals surface area contributed by atoms with Gasteiger partial charge >= 0.3 is 0 Å². The number of ether oxygens (including phenoxy) is 1. The molecule has 1 aliphatic rings. The van der Waals surface area contributed by atoms with Gasteiger partial charge in [-0.3, -0.25) is 0 Å². The molecule has 0 saturated carbocycles. The van der Waals surface area contributed by atoms with Crippen molar-refractivity contribution in [2.24, 2.45) is 0 Å². The standard InChI is InChI=1S/C17H16BrClO2/c18-14-7-3-6-13(17(14)19)15(20)10-16-12-5-2-1-4-11(12)8-9-21-16/h1-7,15-16,20H,8-10H2. The normalized spacial score (nSPS) is 19.1. The number of hydrogen-bond donors (Lipinski definition) is 1. The molecule has 4 heteroatoms. The van der Waals surface area contributed by atoms with Crippen LogP contribution < -0.4 is 0 Å². The fraction of sp³-hybridized carbons (Fsp3) is 0.294. The minimum atomic E-state index is -0.647. The van der Waals surface area contributed by atoms with E-state index in [1.165, 1.54) is 11.1 Å². The van der Waals surface area contributed by atoms with Gasteiger partial charge in [0.1, 0.15) is 0 Å². The summed E-state index contributed by atoms with van der Waals surface area (Å²) in [5.41, 5.74) is 3.22. The van der Waals surface area contributed by atoms with Gasteiger partial charge in [-0.15, -0.1) is 0 Å². The molecule has 2 aromatic rings. The van der Waals surface area contributed by atoms with Gasteiger partial charge in [-0.2, -0.15) is 0 Å². The second-order valence-corrected chi connectivity index (χ2v) is 6.44. The van der Waals surface area contributed by atoms with Gasteiger partial charge in [-0.25, -0.2) is 0 Å². The number of fused-ring (bicyclic) bond motifs is 1. The first-order chi connectivity index (χ1) is 10.2. The summed E-state index contributed by atoms with van der Waals surface area (Å²) in [6, 6.07) is 13.9. The van der Waals surface area contributed by atoms with Gasteiger partial charge in [-0.1, -0.05) is 48.0 Å². The van der Waals surface area contributed by atoms with Crippen molar-refractivity contribution in [3.8, 4) is 0 Å². The Balaban J connectivity index is 1.83. The Morgan fingerprint density at radius 2 is 2.05 bits per heavy atom. The maximum atomic E-state index is 10.5. The molecule has 1 N–H and O–H groups in total. The van der Waals surface area contributed by atoms with Crippen molar-refractivity contribution >= 4 is 27.5 Å². The lowest BCUT2D eigenvalue weighted by Gasteiger charge is -2.28. The molecule has 0 fully saturated rings. The Kier molecular flexibility index (Phi) is 4.65. The minimum Gasteiger partial charge on any atom is -0.388 e. The number of hydrogen-bond acceptors (Lipinski definition) is 2. The first kappa shape index (κ1) is 15.0. The SMILES string of the molecule is OC(CC1OCCc2ccccc21)c1cccc(Br)c1Cl. The van der Waals surface area contributed by atoms with Gasteiger partial charge in [0.05, 0.1) is 23.8 Å². The van der Waals surface area contributed by atoms with Crippen molar-refractivity contribution < 1.29 is 9.84 Å². The van der Waals surface area contributed by atoms with Crippen molar-refractivity contribution in [2.45, 2.75) is 25.0 Å². The molecule has 0 spiro atoms. The number of halogens is 2. The molecule has 0 aromatic heterocycles. The van der Waals surface area contributed by atoms with Crippen LogP contribution in [-0.2, 0) is 11.2 Å². The molecule has 0 radical (unpaired) electrons. The highest BCUT2D eigenvalue weighted by atomic mass is 79.9. The van der Waals surface area contributed by atoms with Crippen molar-refractivity contribution in [3.05, 3.63) is 68.7 Å². The Morgan fingerprint density at radius 3 is 2.90 bits per heavy atom. The van der Waals surface area contributed by atoms with Crippen LogP contribution in [-0.4, -0.2) is 11.7 Å². The molecule has 2 unspecified atom stereocenters. The molecule has 1 heterocycles. The summed E-state index contributed by atoms with van der Waals surface area (Å²) in [5.74, 6) is 0. The molecular formula is C17H16BrClO2. The predicted molar refractivity (Wildman–Crippen MR) is 87.6 cm³/mol. The summed E-state index contributed by atoms with van der Waals surface area (Å²) < 4.78 is 6.65. The molecule has 2 nitrogen and oxygen atoms in total. The lowest BCUT2D eigenvalue weighted by molar-refractivity contribution is 0.00378. The van der Waals surface area contributed by atoms with Crippen LogP contribution >= 0.6 is 27.5 Å². The van der Waals surface area contributed by atoms with Crippen LogP contribution in [0.2, 0.25) is 5.02 Å². The Bertz CT molecular complexity index is 644. The first-order valence-electron chi connectivity index (χ1n) is 6.98. The van der Waals surface area contributed by atoms with Crippen LogP contribution in [0, 0.1) is 0 Å². The van der Waals surface area contributed by atoms with Crippen LogP contribution in [0.5, 0.6) is 0 Å². The lowest BCUT2D eigenvalue weighted by atomic mass is 9.92. The van der Waals surface area contributed by atoms with E-state index in [1.54, 1.807) is 0 Å². The molecular weight excluding hydrogens is 352 g/mol. The van der Waals surface area contributed by atoms with E-state index in [0.29, 0.717) is 18.1 Å². The molecule has 3 rings (SSSR count). The summed E-state index contributed by atoms with van der Waals surface area (Å²) in [5, 5.41) is 11.1.